The van der Waals surface area contributed by atoms with Crippen LogP contribution in [0.1, 0.15) is 32.6 Å². The largest absolute Gasteiger partial charge is 0.322 e. The first-order valence-corrected chi connectivity index (χ1v) is 11.1. The smallest absolute Gasteiger partial charge is 0.255 e. The standard InChI is InChI=1S/C25H24N2O3S/c1-18-16-23(31(29,30)27(3)4)17-24(19(18)2)26-25(28)22-14-12-21(13-15-22)11-10-20-8-6-5-7-9-20/h5-9,12-17H,1-4H3,(H,26,28). The number of aryl methyl sites for hydroxylation is 1. The minimum absolute atomic E-state index is 0.141. The molecule has 0 bridgehead atoms. The molecule has 0 saturated carbocycles. The Morgan fingerprint density at radius 1 is 0.871 bits per heavy atom. The Bertz CT molecular complexity index is 1270. The molecule has 3 rings (SSSR count). The summed E-state index contributed by atoms with van der Waals surface area (Å²) in [7, 11) is -0.653. The van der Waals surface area contributed by atoms with Crippen molar-refractivity contribution in [2.24, 2.45) is 0 Å². The number of sulfonamides is 1. The molecule has 3 aromatic rings. The van der Waals surface area contributed by atoms with Gasteiger partial charge in [-0.25, -0.2) is 12.7 Å². The molecule has 0 saturated heterocycles. The molecule has 0 radical (unpaired) electrons. The molecule has 0 atom stereocenters. The number of carbonyl (C=O) groups is 1. The number of hydrogen-bond donors (Lipinski definition) is 1. The number of anilines is 1. The van der Waals surface area contributed by atoms with Gasteiger partial charge in [-0.15, -0.1) is 0 Å². The summed E-state index contributed by atoms with van der Waals surface area (Å²) in [5.41, 5.74) is 4.25. The zero-order chi connectivity index (χ0) is 22.6. The van der Waals surface area contributed by atoms with Crippen molar-refractivity contribution in [1.29, 1.82) is 0 Å². The van der Waals surface area contributed by atoms with Crippen molar-refractivity contribution in [2.45, 2.75) is 18.7 Å². The molecular formula is C25H24N2O3S. The quantitative estimate of drug-likeness (QED) is 0.628. The van der Waals surface area contributed by atoms with E-state index >= 15 is 0 Å². The zero-order valence-electron chi connectivity index (χ0n) is 17.9. The van der Waals surface area contributed by atoms with Crippen molar-refractivity contribution in [3.05, 3.63) is 94.5 Å². The number of hydrogen-bond acceptors (Lipinski definition) is 3. The van der Waals surface area contributed by atoms with Gasteiger partial charge in [0.15, 0.2) is 0 Å². The fourth-order valence-corrected chi connectivity index (χ4v) is 3.90. The van der Waals surface area contributed by atoms with E-state index in [1.165, 1.54) is 20.2 Å². The van der Waals surface area contributed by atoms with Crippen LogP contribution in [-0.4, -0.2) is 32.7 Å². The van der Waals surface area contributed by atoms with Gasteiger partial charge in [-0.3, -0.25) is 4.79 Å². The van der Waals surface area contributed by atoms with Crippen LogP contribution < -0.4 is 5.32 Å². The molecule has 0 aromatic heterocycles. The molecule has 0 aliphatic carbocycles. The van der Waals surface area contributed by atoms with Crippen LogP contribution in [0.4, 0.5) is 5.69 Å². The second-order valence-electron chi connectivity index (χ2n) is 7.35. The van der Waals surface area contributed by atoms with Gasteiger partial charge < -0.3 is 5.32 Å². The number of carbonyl (C=O) groups excluding carboxylic acids is 1. The van der Waals surface area contributed by atoms with Crippen LogP contribution in [0.2, 0.25) is 0 Å². The third-order valence-electron chi connectivity index (χ3n) is 4.94. The molecule has 0 spiro atoms. The summed E-state index contributed by atoms with van der Waals surface area (Å²) in [6, 6.07) is 19.8. The van der Waals surface area contributed by atoms with Crippen LogP contribution >= 0.6 is 0 Å². The molecule has 0 heterocycles. The molecule has 6 heteroatoms. The van der Waals surface area contributed by atoms with E-state index in [0.717, 1.165) is 26.6 Å². The summed E-state index contributed by atoms with van der Waals surface area (Å²) >= 11 is 0. The Morgan fingerprint density at radius 2 is 1.45 bits per heavy atom. The van der Waals surface area contributed by atoms with Crippen molar-refractivity contribution in [3.8, 4) is 11.8 Å². The minimum Gasteiger partial charge on any atom is -0.322 e. The molecule has 1 N–H and O–H groups in total. The number of nitrogens with zero attached hydrogens (tertiary/aromatic N) is 1. The fraction of sp³-hybridized carbons (Fsp3) is 0.160. The molecule has 5 nitrogen and oxygen atoms in total. The summed E-state index contributed by atoms with van der Waals surface area (Å²) in [6.45, 7) is 3.67. The van der Waals surface area contributed by atoms with Crippen LogP contribution in [0.25, 0.3) is 0 Å². The van der Waals surface area contributed by atoms with Crippen molar-refractivity contribution in [1.82, 2.24) is 4.31 Å². The maximum atomic E-state index is 12.8. The Kier molecular flexibility index (Phi) is 6.59. The fourth-order valence-electron chi connectivity index (χ4n) is 2.88. The van der Waals surface area contributed by atoms with E-state index in [2.05, 4.69) is 17.2 Å². The average Bonchev–Trinajstić information content (AvgIpc) is 2.76. The second-order valence-corrected chi connectivity index (χ2v) is 9.50. The average molecular weight is 433 g/mol. The van der Waals surface area contributed by atoms with E-state index in [0.29, 0.717) is 11.3 Å². The number of benzene rings is 3. The molecular weight excluding hydrogens is 408 g/mol. The van der Waals surface area contributed by atoms with Gasteiger partial charge in [0.2, 0.25) is 10.0 Å². The van der Waals surface area contributed by atoms with Crippen molar-refractivity contribution in [3.63, 3.8) is 0 Å². The Hall–Kier alpha value is -3.40. The summed E-state index contributed by atoms with van der Waals surface area (Å²) in [5.74, 6) is 5.84. The highest BCUT2D eigenvalue weighted by Gasteiger charge is 2.20. The lowest BCUT2D eigenvalue weighted by Crippen LogP contribution is -2.23. The molecule has 0 unspecified atom stereocenters. The highest BCUT2D eigenvalue weighted by atomic mass is 32.2. The third kappa shape index (κ3) is 5.21. The molecule has 3 aromatic carbocycles. The lowest BCUT2D eigenvalue weighted by Gasteiger charge is -2.16. The summed E-state index contributed by atoms with van der Waals surface area (Å²) < 4.78 is 26.2. The van der Waals surface area contributed by atoms with Gasteiger partial charge in [0.05, 0.1) is 4.90 Å². The van der Waals surface area contributed by atoms with Gasteiger partial charge in [0, 0.05) is 36.5 Å². The number of rotatable bonds is 4. The predicted octanol–water partition coefficient (Wildman–Crippen LogP) is 4.21. The topological polar surface area (TPSA) is 66.5 Å². The third-order valence-corrected chi connectivity index (χ3v) is 6.73. The normalized spacial score (nSPS) is 11.0. The molecule has 0 aliphatic rings. The summed E-state index contributed by atoms with van der Waals surface area (Å²) in [6.07, 6.45) is 0. The van der Waals surface area contributed by atoms with Crippen LogP contribution in [0.3, 0.4) is 0 Å². The van der Waals surface area contributed by atoms with E-state index < -0.39 is 10.0 Å². The van der Waals surface area contributed by atoms with E-state index in [1.54, 1.807) is 30.3 Å². The molecule has 1 amide bonds. The van der Waals surface area contributed by atoms with Gasteiger partial charge in [0.25, 0.3) is 5.91 Å². The van der Waals surface area contributed by atoms with E-state index in [1.807, 2.05) is 44.2 Å². The number of nitrogens with one attached hydrogen (secondary N) is 1. The number of amides is 1. The van der Waals surface area contributed by atoms with Crippen molar-refractivity contribution >= 4 is 21.6 Å². The predicted molar refractivity (Wildman–Crippen MR) is 124 cm³/mol. The molecule has 31 heavy (non-hydrogen) atoms. The lowest BCUT2D eigenvalue weighted by molar-refractivity contribution is 0.102. The molecule has 158 valence electrons. The van der Waals surface area contributed by atoms with Gasteiger partial charge in [-0.05, 0) is 73.5 Å². The first-order valence-electron chi connectivity index (χ1n) is 9.71. The minimum atomic E-state index is -3.61. The van der Waals surface area contributed by atoms with Gasteiger partial charge in [-0.1, -0.05) is 30.0 Å². The highest BCUT2D eigenvalue weighted by Crippen LogP contribution is 2.26. The molecule has 0 fully saturated rings. The lowest BCUT2D eigenvalue weighted by atomic mass is 10.1. The van der Waals surface area contributed by atoms with Crippen LogP contribution in [0.5, 0.6) is 0 Å². The van der Waals surface area contributed by atoms with Crippen molar-refractivity contribution in [2.75, 3.05) is 19.4 Å². The first-order chi connectivity index (χ1) is 14.7. The van der Waals surface area contributed by atoms with Gasteiger partial charge in [-0.2, -0.15) is 0 Å². The van der Waals surface area contributed by atoms with E-state index in [-0.39, 0.29) is 10.8 Å². The van der Waals surface area contributed by atoms with Gasteiger partial charge >= 0.3 is 0 Å². The Morgan fingerprint density at radius 3 is 2.03 bits per heavy atom. The van der Waals surface area contributed by atoms with Crippen LogP contribution in [0.15, 0.2) is 71.6 Å². The van der Waals surface area contributed by atoms with E-state index in [9.17, 15) is 13.2 Å². The van der Waals surface area contributed by atoms with Crippen LogP contribution in [-0.2, 0) is 10.0 Å². The SMILES string of the molecule is Cc1cc(S(=O)(=O)N(C)C)cc(NC(=O)c2ccc(C#Cc3ccccc3)cc2)c1C. The zero-order valence-corrected chi connectivity index (χ0v) is 18.7. The van der Waals surface area contributed by atoms with Crippen LogP contribution in [0, 0.1) is 25.7 Å². The van der Waals surface area contributed by atoms with Crippen molar-refractivity contribution < 1.29 is 13.2 Å². The maximum Gasteiger partial charge on any atom is 0.255 e. The monoisotopic (exact) mass is 432 g/mol. The maximum absolute atomic E-state index is 12.8. The summed E-state index contributed by atoms with van der Waals surface area (Å²) in [5, 5.41) is 2.84. The Labute approximate surface area is 183 Å². The Balaban J connectivity index is 1.82. The highest BCUT2D eigenvalue weighted by molar-refractivity contribution is 7.89. The first kappa shape index (κ1) is 22.3. The van der Waals surface area contributed by atoms with Gasteiger partial charge in [0.1, 0.15) is 0 Å². The second kappa shape index (κ2) is 9.17. The van der Waals surface area contributed by atoms with E-state index in [4.69, 9.17) is 0 Å². The summed E-state index contributed by atoms with van der Waals surface area (Å²) in [4.78, 5) is 12.9. The molecule has 0 aliphatic heterocycles.